The summed E-state index contributed by atoms with van der Waals surface area (Å²) in [6.45, 7) is 2.34. The number of nitrogens with zero attached hydrogens (tertiary/aromatic N) is 2. The first-order valence-corrected chi connectivity index (χ1v) is 10.5. The van der Waals surface area contributed by atoms with Crippen LogP contribution in [0.5, 0.6) is 5.75 Å². The molecular formula is C22H23N3O2S. The van der Waals surface area contributed by atoms with Crippen LogP contribution in [-0.2, 0) is 13.5 Å². The lowest BCUT2D eigenvalue weighted by atomic mass is 10.0. The van der Waals surface area contributed by atoms with Crippen LogP contribution in [0.4, 0.5) is 0 Å². The molecule has 1 aromatic heterocycles. The summed E-state index contributed by atoms with van der Waals surface area (Å²) < 4.78 is 7.62. The molecular weight excluding hydrogens is 370 g/mol. The van der Waals surface area contributed by atoms with Gasteiger partial charge in [-0.1, -0.05) is 18.2 Å². The fourth-order valence-electron chi connectivity index (χ4n) is 3.52. The molecule has 1 N–H and O–H groups in total. The molecule has 0 fully saturated rings. The van der Waals surface area contributed by atoms with Gasteiger partial charge < -0.3 is 10.1 Å². The van der Waals surface area contributed by atoms with Gasteiger partial charge in [0.05, 0.1) is 12.2 Å². The molecule has 5 nitrogen and oxygen atoms in total. The standard InChI is InChI=1S/C22H23N3O2S/c1-14-10-20(25(2)24-14)22(26)23-13-18-12-17-11-16(6-9-21(17)27-18)15-4-7-19(28-3)8-5-15/h4-11,18H,12-13H2,1-3H3,(H,23,26)/t18-/m1/s1. The second kappa shape index (κ2) is 7.72. The van der Waals surface area contributed by atoms with Gasteiger partial charge in [-0.3, -0.25) is 9.48 Å². The summed E-state index contributed by atoms with van der Waals surface area (Å²) in [7, 11) is 1.77. The van der Waals surface area contributed by atoms with Crippen LogP contribution >= 0.6 is 11.8 Å². The topological polar surface area (TPSA) is 56.2 Å². The zero-order valence-corrected chi connectivity index (χ0v) is 17.0. The van der Waals surface area contributed by atoms with E-state index in [-0.39, 0.29) is 12.0 Å². The van der Waals surface area contributed by atoms with E-state index < -0.39 is 0 Å². The minimum atomic E-state index is -0.128. The second-order valence-corrected chi connectivity index (χ2v) is 7.88. The summed E-state index contributed by atoms with van der Waals surface area (Å²) in [6.07, 6.45) is 2.81. The van der Waals surface area contributed by atoms with E-state index in [1.165, 1.54) is 21.6 Å². The van der Waals surface area contributed by atoms with Gasteiger partial charge in [0.15, 0.2) is 0 Å². The van der Waals surface area contributed by atoms with Crippen LogP contribution in [0.1, 0.15) is 21.7 Å². The number of thioether (sulfide) groups is 1. The predicted molar refractivity (Wildman–Crippen MR) is 112 cm³/mol. The first kappa shape index (κ1) is 18.6. The molecule has 0 saturated heterocycles. The van der Waals surface area contributed by atoms with Crippen molar-refractivity contribution in [3.05, 3.63) is 65.5 Å². The highest BCUT2D eigenvalue weighted by Gasteiger charge is 2.24. The number of hydrogen-bond donors (Lipinski definition) is 1. The molecule has 0 bridgehead atoms. The summed E-state index contributed by atoms with van der Waals surface area (Å²) in [5, 5.41) is 7.18. The Hall–Kier alpha value is -2.73. The number of carbonyl (C=O) groups excluding carboxylic acids is 1. The summed E-state index contributed by atoms with van der Waals surface area (Å²) in [5.74, 6) is 0.775. The third kappa shape index (κ3) is 3.78. The largest absolute Gasteiger partial charge is 0.488 e. The van der Waals surface area contributed by atoms with Crippen molar-refractivity contribution >= 4 is 17.7 Å². The Bertz CT molecular complexity index is 1010. The van der Waals surface area contributed by atoms with Crippen molar-refractivity contribution in [2.45, 2.75) is 24.3 Å². The van der Waals surface area contributed by atoms with Crippen molar-refractivity contribution in [1.29, 1.82) is 0 Å². The lowest BCUT2D eigenvalue weighted by Crippen LogP contribution is -2.35. The van der Waals surface area contributed by atoms with Crippen LogP contribution in [-0.4, -0.2) is 34.6 Å². The number of amides is 1. The second-order valence-electron chi connectivity index (χ2n) is 7.00. The molecule has 1 amide bonds. The summed E-state index contributed by atoms with van der Waals surface area (Å²) in [6, 6.07) is 16.7. The molecule has 28 heavy (non-hydrogen) atoms. The van der Waals surface area contributed by atoms with E-state index in [1.807, 2.05) is 13.0 Å². The Morgan fingerprint density at radius 1 is 1.21 bits per heavy atom. The monoisotopic (exact) mass is 393 g/mol. The van der Waals surface area contributed by atoms with Gasteiger partial charge in [-0.05, 0) is 60.2 Å². The van der Waals surface area contributed by atoms with Gasteiger partial charge in [0, 0.05) is 18.4 Å². The number of ether oxygens (including phenoxy) is 1. The Morgan fingerprint density at radius 3 is 2.64 bits per heavy atom. The predicted octanol–water partition coefficient (Wildman–Crippen LogP) is 3.85. The van der Waals surface area contributed by atoms with Crippen molar-refractivity contribution in [2.24, 2.45) is 7.05 Å². The number of rotatable bonds is 5. The number of hydrogen-bond acceptors (Lipinski definition) is 4. The average molecular weight is 394 g/mol. The zero-order chi connectivity index (χ0) is 19.7. The van der Waals surface area contributed by atoms with Gasteiger partial charge in [-0.15, -0.1) is 11.8 Å². The van der Waals surface area contributed by atoms with Crippen molar-refractivity contribution in [3.63, 3.8) is 0 Å². The normalized spacial score (nSPS) is 15.2. The molecule has 0 aliphatic carbocycles. The number of carbonyl (C=O) groups is 1. The van der Waals surface area contributed by atoms with Crippen LogP contribution in [0.25, 0.3) is 11.1 Å². The molecule has 0 saturated carbocycles. The van der Waals surface area contributed by atoms with E-state index in [0.29, 0.717) is 12.2 Å². The highest BCUT2D eigenvalue weighted by Crippen LogP contribution is 2.33. The SMILES string of the molecule is CSc1ccc(-c2ccc3c(c2)C[C@H](CNC(=O)c2cc(C)nn2C)O3)cc1. The maximum absolute atomic E-state index is 12.4. The molecule has 0 unspecified atom stereocenters. The highest BCUT2D eigenvalue weighted by atomic mass is 32.2. The maximum atomic E-state index is 12.4. The van der Waals surface area contributed by atoms with Crippen molar-refractivity contribution < 1.29 is 9.53 Å². The van der Waals surface area contributed by atoms with Gasteiger partial charge in [-0.25, -0.2) is 0 Å². The van der Waals surface area contributed by atoms with Gasteiger partial charge in [0.2, 0.25) is 0 Å². The molecule has 2 aromatic carbocycles. The van der Waals surface area contributed by atoms with Crippen LogP contribution < -0.4 is 10.1 Å². The summed E-state index contributed by atoms with van der Waals surface area (Å²) in [4.78, 5) is 13.6. The van der Waals surface area contributed by atoms with Gasteiger partial charge >= 0.3 is 0 Å². The van der Waals surface area contributed by atoms with E-state index in [1.54, 1.807) is 29.6 Å². The zero-order valence-electron chi connectivity index (χ0n) is 16.2. The Morgan fingerprint density at radius 2 is 1.96 bits per heavy atom. The molecule has 1 aliphatic rings. The minimum Gasteiger partial charge on any atom is -0.488 e. The smallest absolute Gasteiger partial charge is 0.269 e. The molecule has 2 heterocycles. The first-order valence-electron chi connectivity index (χ1n) is 9.26. The van der Waals surface area contributed by atoms with Gasteiger partial charge in [0.1, 0.15) is 17.5 Å². The van der Waals surface area contributed by atoms with Crippen LogP contribution in [0.15, 0.2) is 53.4 Å². The van der Waals surface area contributed by atoms with E-state index in [0.717, 1.165) is 17.9 Å². The van der Waals surface area contributed by atoms with Crippen molar-refractivity contribution in [2.75, 3.05) is 12.8 Å². The number of aromatic nitrogens is 2. The third-order valence-electron chi connectivity index (χ3n) is 4.95. The number of nitrogens with one attached hydrogen (secondary N) is 1. The number of aryl methyl sites for hydroxylation is 2. The van der Waals surface area contributed by atoms with Crippen LogP contribution in [0.2, 0.25) is 0 Å². The molecule has 3 aromatic rings. The van der Waals surface area contributed by atoms with Gasteiger partial charge in [-0.2, -0.15) is 5.10 Å². The van der Waals surface area contributed by atoms with Crippen molar-refractivity contribution in [3.8, 4) is 16.9 Å². The van der Waals surface area contributed by atoms with E-state index in [4.69, 9.17) is 4.74 Å². The first-order chi connectivity index (χ1) is 13.5. The number of fused-ring (bicyclic) bond motifs is 1. The van der Waals surface area contributed by atoms with E-state index in [2.05, 4.69) is 53.1 Å². The molecule has 1 aliphatic heterocycles. The molecule has 6 heteroatoms. The van der Waals surface area contributed by atoms with E-state index >= 15 is 0 Å². The highest BCUT2D eigenvalue weighted by molar-refractivity contribution is 7.98. The maximum Gasteiger partial charge on any atom is 0.269 e. The Kier molecular flexibility index (Phi) is 5.13. The van der Waals surface area contributed by atoms with E-state index in [9.17, 15) is 4.79 Å². The van der Waals surface area contributed by atoms with Gasteiger partial charge in [0.25, 0.3) is 5.91 Å². The Labute approximate surface area is 169 Å². The lowest BCUT2D eigenvalue weighted by Gasteiger charge is -2.11. The van der Waals surface area contributed by atoms with Crippen LogP contribution in [0.3, 0.4) is 0 Å². The quantitative estimate of drug-likeness (QED) is 0.669. The lowest BCUT2D eigenvalue weighted by molar-refractivity contribution is 0.0924. The fraction of sp³-hybridized carbons (Fsp3) is 0.273. The fourth-order valence-corrected chi connectivity index (χ4v) is 3.93. The summed E-state index contributed by atoms with van der Waals surface area (Å²) >= 11 is 1.74. The van der Waals surface area contributed by atoms with Crippen molar-refractivity contribution in [1.82, 2.24) is 15.1 Å². The number of benzene rings is 2. The Balaban J connectivity index is 1.40. The molecule has 4 rings (SSSR count). The average Bonchev–Trinajstić information content (AvgIpc) is 3.27. The molecule has 1 atom stereocenters. The molecule has 144 valence electrons. The minimum absolute atomic E-state index is 0.0533. The summed E-state index contributed by atoms with van der Waals surface area (Å²) in [5.41, 5.74) is 4.95. The van der Waals surface area contributed by atoms with Crippen LogP contribution in [0, 0.1) is 6.92 Å². The molecule has 0 radical (unpaired) electrons. The third-order valence-corrected chi connectivity index (χ3v) is 5.69. The molecule has 0 spiro atoms.